The molecule has 0 aromatic rings. The van der Waals surface area contributed by atoms with Crippen LogP contribution >= 0.6 is 0 Å². The molecule has 1 saturated carbocycles. The first-order chi connectivity index (χ1) is 7.84. The molecule has 3 atom stereocenters. The summed E-state index contributed by atoms with van der Waals surface area (Å²) in [5, 5.41) is 0. The maximum absolute atomic E-state index is 6.09. The minimum Gasteiger partial charge on any atom is -0.378 e. The smallest absolute Gasteiger partial charge is 0.0576 e. The van der Waals surface area contributed by atoms with Crippen molar-refractivity contribution in [1.29, 1.82) is 0 Å². The molecule has 16 heavy (non-hydrogen) atoms. The van der Waals surface area contributed by atoms with Crippen LogP contribution in [0.3, 0.4) is 0 Å². The fraction of sp³-hybridized carbons (Fsp3) is 1.00. The summed E-state index contributed by atoms with van der Waals surface area (Å²) in [6.45, 7) is 0.999. The van der Waals surface area contributed by atoms with Gasteiger partial charge in [0.05, 0.1) is 6.10 Å². The highest BCUT2D eigenvalue weighted by atomic mass is 16.5. The molecule has 94 valence electrons. The lowest BCUT2D eigenvalue weighted by Gasteiger charge is -2.17. The number of nitrogens with two attached hydrogens (primary N) is 1. The van der Waals surface area contributed by atoms with Gasteiger partial charge in [0.1, 0.15) is 0 Å². The Morgan fingerprint density at radius 2 is 1.88 bits per heavy atom. The average Bonchev–Trinajstić information content (AvgIpc) is 2.69. The number of ether oxygens (including phenoxy) is 1. The van der Waals surface area contributed by atoms with Gasteiger partial charge in [-0.3, -0.25) is 0 Å². The minimum atomic E-state index is 0.482. The second-order valence-electron chi connectivity index (χ2n) is 5.71. The van der Waals surface area contributed by atoms with Crippen LogP contribution in [0, 0.1) is 5.92 Å². The monoisotopic (exact) mass is 225 g/mol. The number of hydrogen-bond donors (Lipinski definition) is 1. The molecule has 0 aromatic carbocycles. The third-order valence-electron chi connectivity index (χ3n) is 4.24. The van der Waals surface area contributed by atoms with Crippen molar-refractivity contribution in [2.45, 2.75) is 76.4 Å². The van der Waals surface area contributed by atoms with Crippen LogP contribution in [-0.4, -0.2) is 18.8 Å². The zero-order valence-electron chi connectivity index (χ0n) is 10.5. The molecule has 0 aromatic heterocycles. The van der Waals surface area contributed by atoms with Crippen molar-refractivity contribution in [3.63, 3.8) is 0 Å². The zero-order chi connectivity index (χ0) is 11.2. The molecule has 2 rings (SSSR count). The van der Waals surface area contributed by atoms with E-state index in [-0.39, 0.29) is 0 Å². The van der Waals surface area contributed by atoms with E-state index in [4.69, 9.17) is 10.5 Å². The van der Waals surface area contributed by atoms with Crippen LogP contribution in [0.2, 0.25) is 0 Å². The summed E-state index contributed by atoms with van der Waals surface area (Å²) in [6.07, 6.45) is 13.9. The number of hydrogen-bond acceptors (Lipinski definition) is 2. The van der Waals surface area contributed by atoms with Crippen LogP contribution in [-0.2, 0) is 4.74 Å². The Hall–Kier alpha value is -0.0800. The molecule has 0 radical (unpaired) electrons. The molecule has 2 aliphatic rings. The van der Waals surface area contributed by atoms with E-state index in [0.717, 1.165) is 12.5 Å². The fourth-order valence-corrected chi connectivity index (χ4v) is 3.27. The second-order valence-corrected chi connectivity index (χ2v) is 5.71. The zero-order valence-corrected chi connectivity index (χ0v) is 10.5. The van der Waals surface area contributed by atoms with Crippen LogP contribution in [0.15, 0.2) is 0 Å². The summed E-state index contributed by atoms with van der Waals surface area (Å²) >= 11 is 0. The van der Waals surface area contributed by atoms with Crippen molar-refractivity contribution < 1.29 is 4.74 Å². The summed E-state index contributed by atoms with van der Waals surface area (Å²) in [5.41, 5.74) is 6.09. The largest absolute Gasteiger partial charge is 0.378 e. The number of rotatable bonds is 4. The Bertz CT molecular complexity index is 189. The normalized spacial score (nSPS) is 36.2. The van der Waals surface area contributed by atoms with E-state index in [0.29, 0.717) is 12.1 Å². The molecule has 2 nitrogen and oxygen atoms in total. The predicted octanol–water partition coefficient (Wildman–Crippen LogP) is 3.24. The summed E-state index contributed by atoms with van der Waals surface area (Å²) in [6, 6.07) is 0.482. The molecule has 0 amide bonds. The van der Waals surface area contributed by atoms with E-state index in [1.54, 1.807) is 0 Å². The standard InChI is InChI=1S/C14H27NO/c15-13-7-2-1-5-12(11-13)6-3-8-14-9-4-10-16-14/h12-14H,1-11,15H2. The van der Waals surface area contributed by atoms with Gasteiger partial charge in [-0.05, 0) is 38.0 Å². The Balaban J connectivity index is 1.60. The third kappa shape index (κ3) is 4.06. The Morgan fingerprint density at radius 3 is 2.69 bits per heavy atom. The molecule has 2 fully saturated rings. The Labute approximate surface area is 99.9 Å². The van der Waals surface area contributed by atoms with Crippen molar-refractivity contribution in [3.05, 3.63) is 0 Å². The van der Waals surface area contributed by atoms with Gasteiger partial charge in [-0.2, -0.15) is 0 Å². The first kappa shape index (κ1) is 12.4. The molecule has 1 saturated heterocycles. The van der Waals surface area contributed by atoms with E-state index in [1.807, 2.05) is 0 Å². The van der Waals surface area contributed by atoms with Gasteiger partial charge in [-0.1, -0.05) is 32.1 Å². The lowest BCUT2D eigenvalue weighted by atomic mass is 9.92. The van der Waals surface area contributed by atoms with Crippen molar-refractivity contribution in [1.82, 2.24) is 0 Å². The molecular formula is C14H27NO. The second kappa shape index (κ2) is 6.61. The molecule has 0 bridgehead atoms. The third-order valence-corrected chi connectivity index (χ3v) is 4.24. The summed E-state index contributed by atoms with van der Waals surface area (Å²) in [7, 11) is 0. The van der Waals surface area contributed by atoms with Crippen molar-refractivity contribution in [2.75, 3.05) is 6.61 Å². The molecule has 3 unspecified atom stereocenters. The van der Waals surface area contributed by atoms with Crippen LogP contribution in [0.1, 0.15) is 64.2 Å². The van der Waals surface area contributed by atoms with E-state index < -0.39 is 0 Å². The van der Waals surface area contributed by atoms with Crippen LogP contribution in [0.4, 0.5) is 0 Å². The van der Waals surface area contributed by atoms with Gasteiger partial charge >= 0.3 is 0 Å². The van der Waals surface area contributed by atoms with Gasteiger partial charge < -0.3 is 10.5 Å². The van der Waals surface area contributed by atoms with Crippen LogP contribution in [0.25, 0.3) is 0 Å². The fourth-order valence-electron chi connectivity index (χ4n) is 3.27. The van der Waals surface area contributed by atoms with Gasteiger partial charge in [0, 0.05) is 12.6 Å². The summed E-state index contributed by atoms with van der Waals surface area (Å²) < 4.78 is 5.66. The van der Waals surface area contributed by atoms with Gasteiger partial charge in [0.15, 0.2) is 0 Å². The summed E-state index contributed by atoms with van der Waals surface area (Å²) in [5.74, 6) is 0.902. The lowest BCUT2D eigenvalue weighted by Crippen LogP contribution is -2.21. The SMILES string of the molecule is NC1CCCCC(CCCC2CCCO2)C1. The lowest BCUT2D eigenvalue weighted by molar-refractivity contribution is 0.100. The van der Waals surface area contributed by atoms with Crippen molar-refractivity contribution >= 4 is 0 Å². The molecular weight excluding hydrogens is 198 g/mol. The molecule has 1 aliphatic carbocycles. The van der Waals surface area contributed by atoms with E-state index in [1.165, 1.54) is 64.2 Å². The van der Waals surface area contributed by atoms with Gasteiger partial charge in [-0.25, -0.2) is 0 Å². The van der Waals surface area contributed by atoms with Gasteiger partial charge in [-0.15, -0.1) is 0 Å². The van der Waals surface area contributed by atoms with Crippen LogP contribution < -0.4 is 5.73 Å². The van der Waals surface area contributed by atoms with E-state index in [2.05, 4.69) is 0 Å². The molecule has 2 N–H and O–H groups in total. The Morgan fingerprint density at radius 1 is 1.00 bits per heavy atom. The predicted molar refractivity (Wildman–Crippen MR) is 67.4 cm³/mol. The topological polar surface area (TPSA) is 35.2 Å². The highest BCUT2D eigenvalue weighted by Crippen LogP contribution is 2.27. The summed E-state index contributed by atoms with van der Waals surface area (Å²) in [4.78, 5) is 0. The minimum absolute atomic E-state index is 0.482. The molecule has 0 spiro atoms. The van der Waals surface area contributed by atoms with Crippen LogP contribution in [0.5, 0.6) is 0 Å². The molecule has 1 aliphatic heterocycles. The van der Waals surface area contributed by atoms with Gasteiger partial charge in [0.25, 0.3) is 0 Å². The maximum Gasteiger partial charge on any atom is 0.0576 e. The molecule has 2 heteroatoms. The first-order valence-electron chi connectivity index (χ1n) is 7.22. The average molecular weight is 225 g/mol. The van der Waals surface area contributed by atoms with E-state index >= 15 is 0 Å². The molecule has 1 heterocycles. The Kier molecular flexibility index (Phi) is 5.11. The van der Waals surface area contributed by atoms with Crippen molar-refractivity contribution in [2.24, 2.45) is 11.7 Å². The first-order valence-corrected chi connectivity index (χ1v) is 7.22. The highest BCUT2D eigenvalue weighted by molar-refractivity contribution is 4.74. The van der Waals surface area contributed by atoms with E-state index in [9.17, 15) is 0 Å². The highest BCUT2D eigenvalue weighted by Gasteiger charge is 2.19. The quantitative estimate of drug-likeness (QED) is 0.745. The van der Waals surface area contributed by atoms with Gasteiger partial charge in [0.2, 0.25) is 0 Å². The van der Waals surface area contributed by atoms with Crippen molar-refractivity contribution in [3.8, 4) is 0 Å². The maximum atomic E-state index is 6.09.